The predicted molar refractivity (Wildman–Crippen MR) is 75.3 cm³/mol. The fourth-order valence-corrected chi connectivity index (χ4v) is 2.66. The number of benzene rings is 1. The second kappa shape index (κ2) is 5.59. The maximum atomic E-state index is 13.0. The summed E-state index contributed by atoms with van der Waals surface area (Å²) >= 11 is 0. The number of carboxylic acid groups (broad SMARTS) is 1. The molecule has 2 aromatic rings. The van der Waals surface area contributed by atoms with Gasteiger partial charge in [-0.15, -0.1) is 0 Å². The van der Waals surface area contributed by atoms with Crippen LogP contribution in [0, 0.1) is 5.82 Å². The van der Waals surface area contributed by atoms with E-state index in [2.05, 4.69) is 5.10 Å². The summed E-state index contributed by atoms with van der Waals surface area (Å²) in [4.78, 5) is 23.6. The van der Waals surface area contributed by atoms with Crippen LogP contribution in [0.15, 0.2) is 24.3 Å². The second-order valence-corrected chi connectivity index (χ2v) is 5.17. The van der Waals surface area contributed by atoms with Crippen molar-refractivity contribution in [2.75, 3.05) is 6.54 Å². The fraction of sp³-hybridized carbons (Fsp3) is 0.267. The minimum atomic E-state index is -0.993. The van der Waals surface area contributed by atoms with Crippen LogP contribution in [0.3, 0.4) is 0 Å². The fourth-order valence-electron chi connectivity index (χ4n) is 2.66. The van der Waals surface area contributed by atoms with E-state index in [1.807, 2.05) is 0 Å². The number of aldehydes is 1. The quantitative estimate of drug-likeness (QED) is 0.879. The molecular weight excluding hydrogens is 289 g/mol. The minimum absolute atomic E-state index is 0.201. The Kier molecular flexibility index (Phi) is 3.62. The number of nitrogens with zero attached hydrogens (tertiary/aromatic N) is 3. The molecule has 1 N–H and O–H groups in total. The molecule has 0 fully saturated rings. The Morgan fingerprint density at radius 2 is 2.09 bits per heavy atom. The molecule has 0 radical (unpaired) electrons. The van der Waals surface area contributed by atoms with Gasteiger partial charge in [-0.2, -0.15) is 5.10 Å². The molecule has 1 aromatic carbocycles. The lowest BCUT2D eigenvalue weighted by Crippen LogP contribution is -2.35. The van der Waals surface area contributed by atoms with Crippen LogP contribution in [0.2, 0.25) is 0 Å². The van der Waals surface area contributed by atoms with E-state index < -0.39 is 6.09 Å². The lowest BCUT2D eigenvalue weighted by molar-refractivity contribution is 0.111. The van der Waals surface area contributed by atoms with Crippen LogP contribution in [-0.2, 0) is 19.5 Å². The van der Waals surface area contributed by atoms with Crippen molar-refractivity contribution in [1.29, 1.82) is 0 Å². The van der Waals surface area contributed by atoms with E-state index in [9.17, 15) is 14.0 Å². The molecule has 1 amide bonds. The first-order chi connectivity index (χ1) is 10.6. The summed E-state index contributed by atoms with van der Waals surface area (Å²) in [6.07, 6.45) is 0.170. The maximum absolute atomic E-state index is 13.0. The summed E-state index contributed by atoms with van der Waals surface area (Å²) < 4.78 is 14.6. The first kappa shape index (κ1) is 14.2. The van der Waals surface area contributed by atoms with Crippen LogP contribution in [0.5, 0.6) is 0 Å². The Morgan fingerprint density at radius 1 is 1.36 bits per heavy atom. The van der Waals surface area contributed by atoms with E-state index in [0.29, 0.717) is 31.5 Å². The summed E-state index contributed by atoms with van der Waals surface area (Å²) in [7, 11) is 0. The minimum Gasteiger partial charge on any atom is -0.465 e. The van der Waals surface area contributed by atoms with E-state index in [4.69, 9.17) is 5.11 Å². The Hall–Kier alpha value is -2.70. The highest BCUT2D eigenvalue weighted by molar-refractivity contribution is 5.75. The molecule has 0 bridgehead atoms. The van der Waals surface area contributed by atoms with E-state index in [0.717, 1.165) is 16.8 Å². The Bertz CT molecular complexity index is 724. The molecule has 0 saturated heterocycles. The topological polar surface area (TPSA) is 75.4 Å². The van der Waals surface area contributed by atoms with Crippen LogP contribution in [0.25, 0.3) is 0 Å². The maximum Gasteiger partial charge on any atom is 0.407 e. The predicted octanol–water partition coefficient (Wildman–Crippen LogP) is 1.92. The third kappa shape index (κ3) is 2.57. The monoisotopic (exact) mass is 303 g/mol. The zero-order valence-electron chi connectivity index (χ0n) is 11.7. The van der Waals surface area contributed by atoms with Crippen molar-refractivity contribution >= 4 is 12.4 Å². The molecule has 114 valence electrons. The smallest absolute Gasteiger partial charge is 0.407 e. The molecule has 22 heavy (non-hydrogen) atoms. The molecule has 0 unspecified atom stereocenters. The Morgan fingerprint density at radius 3 is 2.73 bits per heavy atom. The molecule has 0 atom stereocenters. The van der Waals surface area contributed by atoms with Gasteiger partial charge in [-0.1, -0.05) is 12.1 Å². The van der Waals surface area contributed by atoms with Crippen LogP contribution in [-0.4, -0.2) is 38.7 Å². The third-order valence-corrected chi connectivity index (χ3v) is 3.80. The highest BCUT2D eigenvalue weighted by Gasteiger charge is 2.27. The van der Waals surface area contributed by atoms with Gasteiger partial charge in [0.2, 0.25) is 0 Å². The van der Waals surface area contributed by atoms with Crippen molar-refractivity contribution in [1.82, 2.24) is 14.7 Å². The van der Waals surface area contributed by atoms with Gasteiger partial charge in [0.05, 0.1) is 18.8 Å². The molecule has 0 aliphatic carbocycles. The SMILES string of the molecule is O=Cc1nn(Cc2ccc(F)cc2)c2c1CCN(C(=O)O)C2. The molecule has 7 heteroatoms. The molecule has 1 aliphatic rings. The Balaban J connectivity index is 1.94. The van der Waals surface area contributed by atoms with E-state index in [1.54, 1.807) is 16.8 Å². The number of rotatable bonds is 3. The van der Waals surface area contributed by atoms with Crippen molar-refractivity contribution in [3.8, 4) is 0 Å². The lowest BCUT2D eigenvalue weighted by atomic mass is 10.0. The van der Waals surface area contributed by atoms with Crippen LogP contribution in [0.1, 0.15) is 27.3 Å². The number of fused-ring (bicyclic) bond motifs is 1. The largest absolute Gasteiger partial charge is 0.465 e. The van der Waals surface area contributed by atoms with Gasteiger partial charge >= 0.3 is 6.09 Å². The average Bonchev–Trinajstić information content (AvgIpc) is 2.87. The molecule has 2 heterocycles. The molecule has 0 saturated carbocycles. The highest BCUT2D eigenvalue weighted by Crippen LogP contribution is 2.22. The number of carbonyl (C=O) groups is 2. The lowest BCUT2D eigenvalue weighted by Gasteiger charge is -2.25. The second-order valence-electron chi connectivity index (χ2n) is 5.17. The van der Waals surface area contributed by atoms with Gasteiger partial charge in [0, 0.05) is 12.1 Å². The van der Waals surface area contributed by atoms with Gasteiger partial charge in [-0.25, -0.2) is 9.18 Å². The summed E-state index contributed by atoms with van der Waals surface area (Å²) in [5.74, 6) is -0.322. The van der Waals surface area contributed by atoms with Crippen LogP contribution in [0.4, 0.5) is 9.18 Å². The van der Waals surface area contributed by atoms with Crippen LogP contribution >= 0.6 is 0 Å². The van der Waals surface area contributed by atoms with E-state index in [1.165, 1.54) is 17.0 Å². The number of aromatic nitrogens is 2. The average molecular weight is 303 g/mol. The first-order valence-corrected chi connectivity index (χ1v) is 6.84. The number of amides is 1. The molecule has 1 aliphatic heterocycles. The van der Waals surface area contributed by atoms with Crippen molar-refractivity contribution < 1.29 is 19.1 Å². The summed E-state index contributed by atoms with van der Waals surface area (Å²) in [5.41, 5.74) is 2.70. The van der Waals surface area contributed by atoms with Gasteiger partial charge in [0.1, 0.15) is 11.5 Å². The van der Waals surface area contributed by atoms with Crippen molar-refractivity contribution in [3.63, 3.8) is 0 Å². The first-order valence-electron chi connectivity index (χ1n) is 6.84. The number of halogens is 1. The van der Waals surface area contributed by atoms with Gasteiger partial charge in [0.15, 0.2) is 6.29 Å². The molecule has 6 nitrogen and oxygen atoms in total. The molecular formula is C15H14FN3O3. The van der Waals surface area contributed by atoms with Gasteiger partial charge in [0.25, 0.3) is 0 Å². The van der Waals surface area contributed by atoms with Gasteiger partial charge in [-0.3, -0.25) is 9.48 Å². The number of hydrogen-bond acceptors (Lipinski definition) is 3. The summed E-state index contributed by atoms with van der Waals surface area (Å²) in [5, 5.41) is 13.4. The van der Waals surface area contributed by atoms with Gasteiger partial charge < -0.3 is 10.0 Å². The zero-order valence-corrected chi connectivity index (χ0v) is 11.7. The molecule has 0 spiro atoms. The van der Waals surface area contributed by atoms with Crippen molar-refractivity contribution in [2.45, 2.75) is 19.5 Å². The normalized spacial score (nSPS) is 13.8. The number of hydrogen-bond donors (Lipinski definition) is 1. The third-order valence-electron chi connectivity index (χ3n) is 3.80. The number of carbonyl (C=O) groups excluding carboxylic acids is 1. The molecule has 1 aromatic heterocycles. The zero-order chi connectivity index (χ0) is 15.7. The van der Waals surface area contributed by atoms with Crippen molar-refractivity contribution in [3.05, 3.63) is 52.6 Å². The van der Waals surface area contributed by atoms with E-state index in [-0.39, 0.29) is 12.4 Å². The highest BCUT2D eigenvalue weighted by atomic mass is 19.1. The van der Waals surface area contributed by atoms with Crippen molar-refractivity contribution in [2.24, 2.45) is 0 Å². The van der Waals surface area contributed by atoms with E-state index >= 15 is 0 Å². The van der Waals surface area contributed by atoms with Gasteiger partial charge in [-0.05, 0) is 24.1 Å². The molecule has 3 rings (SSSR count). The summed E-state index contributed by atoms with van der Waals surface area (Å²) in [6.45, 7) is 0.919. The van der Waals surface area contributed by atoms with Crippen LogP contribution < -0.4 is 0 Å². The Labute approximate surface area is 125 Å². The standard InChI is InChI=1S/C15H14FN3O3/c16-11-3-1-10(2-4-11)7-19-14-8-18(15(21)22)6-5-12(14)13(9-20)17-19/h1-4,9H,5-8H2,(H,21,22). The summed E-state index contributed by atoms with van der Waals surface area (Å²) in [6, 6.07) is 5.99.